The van der Waals surface area contributed by atoms with E-state index in [1.54, 1.807) is 0 Å². The summed E-state index contributed by atoms with van der Waals surface area (Å²) in [5, 5.41) is 7.20. The van der Waals surface area contributed by atoms with Gasteiger partial charge in [0.1, 0.15) is 5.58 Å². The molecule has 0 unspecified atom stereocenters. The maximum atomic E-state index is 5.75. The first-order chi connectivity index (χ1) is 9.33. The molecule has 1 fully saturated rings. The lowest BCUT2D eigenvalue weighted by molar-refractivity contribution is 0.600. The van der Waals surface area contributed by atoms with Gasteiger partial charge in [0, 0.05) is 23.5 Å². The molecule has 1 N–H and O–H groups in total. The second kappa shape index (κ2) is 4.36. The first-order valence-corrected chi connectivity index (χ1v) is 7.43. The van der Waals surface area contributed by atoms with Gasteiger partial charge in [-0.05, 0) is 45.6 Å². The van der Waals surface area contributed by atoms with Crippen molar-refractivity contribution in [2.24, 2.45) is 0 Å². The lowest BCUT2D eigenvalue weighted by Crippen LogP contribution is -2.14. The van der Waals surface area contributed by atoms with Gasteiger partial charge in [0.25, 0.3) is 0 Å². The number of hydrogen-bond donors (Lipinski definition) is 1. The van der Waals surface area contributed by atoms with Gasteiger partial charge in [-0.3, -0.25) is 0 Å². The molecule has 96 valence electrons. The molecule has 3 heteroatoms. The van der Waals surface area contributed by atoms with Crippen LogP contribution in [0.3, 0.4) is 0 Å². The highest BCUT2D eigenvalue weighted by atomic mass is 79.9. The Morgan fingerprint density at radius 1 is 1.21 bits per heavy atom. The lowest BCUT2D eigenvalue weighted by atomic mass is 10.1. The van der Waals surface area contributed by atoms with E-state index in [1.165, 1.54) is 34.6 Å². The Hall–Kier alpha value is -1.32. The maximum absolute atomic E-state index is 5.75. The summed E-state index contributed by atoms with van der Waals surface area (Å²) in [7, 11) is 0. The van der Waals surface area contributed by atoms with Crippen molar-refractivity contribution in [3.05, 3.63) is 46.6 Å². The summed E-state index contributed by atoms with van der Waals surface area (Å²) in [6, 6.07) is 11.3. The molecule has 1 saturated carbocycles. The minimum Gasteiger partial charge on any atom is -0.463 e. The second-order valence-corrected chi connectivity index (χ2v) is 6.00. The van der Waals surface area contributed by atoms with Crippen molar-refractivity contribution in [1.82, 2.24) is 5.32 Å². The van der Waals surface area contributed by atoms with Crippen LogP contribution in [0, 0.1) is 0 Å². The van der Waals surface area contributed by atoms with Crippen LogP contribution < -0.4 is 5.32 Å². The molecule has 0 atom stereocenters. The fourth-order valence-electron chi connectivity index (χ4n) is 2.51. The first kappa shape index (κ1) is 11.5. The molecule has 3 aromatic rings. The molecule has 0 radical (unpaired) electrons. The molecule has 0 amide bonds. The van der Waals surface area contributed by atoms with Gasteiger partial charge in [-0.15, -0.1) is 0 Å². The zero-order chi connectivity index (χ0) is 12.8. The molecule has 1 heterocycles. The van der Waals surface area contributed by atoms with E-state index in [-0.39, 0.29) is 0 Å². The Labute approximate surface area is 119 Å². The van der Waals surface area contributed by atoms with Crippen molar-refractivity contribution in [3.63, 3.8) is 0 Å². The standard InChI is InChI=1S/C16H14BrNO/c17-15-13-4-2-1-3-10(13)7-14-11(9-19-16(14)15)8-18-12-5-6-12/h1-4,7,9,12,18H,5-6,8H2. The van der Waals surface area contributed by atoms with Gasteiger partial charge in [-0.2, -0.15) is 0 Å². The number of nitrogens with one attached hydrogen (secondary N) is 1. The van der Waals surface area contributed by atoms with E-state index in [1.807, 2.05) is 6.26 Å². The molecule has 2 nitrogen and oxygen atoms in total. The van der Waals surface area contributed by atoms with E-state index in [4.69, 9.17) is 4.42 Å². The van der Waals surface area contributed by atoms with Gasteiger partial charge in [0.15, 0.2) is 0 Å². The number of halogens is 1. The third kappa shape index (κ3) is 1.97. The molecule has 4 rings (SSSR count). The summed E-state index contributed by atoms with van der Waals surface area (Å²) >= 11 is 3.67. The van der Waals surface area contributed by atoms with Crippen LogP contribution in [0.1, 0.15) is 18.4 Å². The predicted octanol–water partition coefficient (Wildman–Crippen LogP) is 4.60. The van der Waals surface area contributed by atoms with Gasteiger partial charge in [0.05, 0.1) is 10.7 Å². The highest BCUT2D eigenvalue weighted by Gasteiger charge is 2.21. The summed E-state index contributed by atoms with van der Waals surface area (Å²) < 4.78 is 6.81. The average molecular weight is 316 g/mol. The molecule has 1 aliphatic carbocycles. The van der Waals surface area contributed by atoms with Crippen LogP contribution in [0.15, 0.2) is 45.5 Å². The van der Waals surface area contributed by atoms with Crippen molar-refractivity contribution in [1.29, 1.82) is 0 Å². The molecule has 19 heavy (non-hydrogen) atoms. The quantitative estimate of drug-likeness (QED) is 0.764. The van der Waals surface area contributed by atoms with Gasteiger partial charge in [-0.25, -0.2) is 0 Å². The Bertz CT molecular complexity index is 758. The molecular formula is C16H14BrNO. The van der Waals surface area contributed by atoms with Crippen LogP contribution in [0.4, 0.5) is 0 Å². The van der Waals surface area contributed by atoms with Crippen molar-refractivity contribution < 1.29 is 4.42 Å². The number of fused-ring (bicyclic) bond motifs is 2. The van der Waals surface area contributed by atoms with Gasteiger partial charge < -0.3 is 9.73 Å². The molecule has 0 bridgehead atoms. The van der Waals surface area contributed by atoms with Crippen LogP contribution in [0.25, 0.3) is 21.7 Å². The Morgan fingerprint density at radius 2 is 2.05 bits per heavy atom. The number of hydrogen-bond acceptors (Lipinski definition) is 2. The van der Waals surface area contributed by atoms with E-state index < -0.39 is 0 Å². The van der Waals surface area contributed by atoms with E-state index in [2.05, 4.69) is 51.6 Å². The normalized spacial score (nSPS) is 15.4. The van der Waals surface area contributed by atoms with Gasteiger partial charge in [-0.1, -0.05) is 24.3 Å². The van der Waals surface area contributed by atoms with E-state index >= 15 is 0 Å². The third-order valence-corrected chi connectivity index (χ3v) is 4.55. The van der Waals surface area contributed by atoms with Crippen LogP contribution in [-0.4, -0.2) is 6.04 Å². The molecule has 0 aliphatic heterocycles. The lowest BCUT2D eigenvalue weighted by Gasteiger charge is -2.03. The summed E-state index contributed by atoms with van der Waals surface area (Å²) in [5.74, 6) is 0. The topological polar surface area (TPSA) is 25.2 Å². The second-order valence-electron chi connectivity index (χ2n) is 5.20. The summed E-state index contributed by atoms with van der Waals surface area (Å²) in [5.41, 5.74) is 2.19. The monoisotopic (exact) mass is 315 g/mol. The first-order valence-electron chi connectivity index (χ1n) is 6.63. The predicted molar refractivity (Wildman–Crippen MR) is 81.3 cm³/mol. The van der Waals surface area contributed by atoms with Crippen molar-refractivity contribution >= 4 is 37.7 Å². The summed E-state index contributed by atoms with van der Waals surface area (Å²) in [6.45, 7) is 0.891. The number of benzene rings is 2. The van der Waals surface area contributed by atoms with Crippen molar-refractivity contribution in [3.8, 4) is 0 Å². The van der Waals surface area contributed by atoms with E-state index in [0.717, 1.165) is 16.6 Å². The highest BCUT2D eigenvalue weighted by Crippen LogP contribution is 2.35. The molecule has 1 aromatic heterocycles. The van der Waals surface area contributed by atoms with Gasteiger partial charge >= 0.3 is 0 Å². The van der Waals surface area contributed by atoms with E-state index in [0.29, 0.717) is 6.04 Å². The van der Waals surface area contributed by atoms with Crippen LogP contribution in [-0.2, 0) is 6.54 Å². The third-order valence-electron chi connectivity index (χ3n) is 3.76. The Morgan fingerprint density at radius 3 is 2.89 bits per heavy atom. The molecule has 1 aliphatic rings. The fourth-order valence-corrected chi connectivity index (χ4v) is 3.18. The minimum absolute atomic E-state index is 0.717. The zero-order valence-electron chi connectivity index (χ0n) is 10.4. The average Bonchev–Trinajstić information content (AvgIpc) is 3.18. The van der Waals surface area contributed by atoms with Crippen molar-refractivity contribution in [2.75, 3.05) is 0 Å². The molecule has 0 spiro atoms. The molecule has 2 aromatic carbocycles. The van der Waals surface area contributed by atoms with Crippen LogP contribution in [0.2, 0.25) is 0 Å². The highest BCUT2D eigenvalue weighted by molar-refractivity contribution is 9.10. The number of rotatable bonds is 3. The smallest absolute Gasteiger partial charge is 0.149 e. The maximum Gasteiger partial charge on any atom is 0.149 e. The Balaban J connectivity index is 1.87. The molecule has 0 saturated heterocycles. The van der Waals surface area contributed by atoms with Gasteiger partial charge in [0.2, 0.25) is 0 Å². The SMILES string of the molecule is Brc1c2ccccc2cc2c(CNC3CC3)coc12. The number of furan rings is 1. The largest absolute Gasteiger partial charge is 0.463 e. The molecular weight excluding hydrogens is 302 g/mol. The summed E-state index contributed by atoms with van der Waals surface area (Å²) in [4.78, 5) is 0. The van der Waals surface area contributed by atoms with E-state index in [9.17, 15) is 0 Å². The van der Waals surface area contributed by atoms with Crippen LogP contribution >= 0.6 is 15.9 Å². The fraction of sp³-hybridized carbons (Fsp3) is 0.250. The van der Waals surface area contributed by atoms with Crippen LogP contribution in [0.5, 0.6) is 0 Å². The van der Waals surface area contributed by atoms with Crippen molar-refractivity contribution in [2.45, 2.75) is 25.4 Å². The minimum atomic E-state index is 0.717. The zero-order valence-corrected chi connectivity index (χ0v) is 12.0. The summed E-state index contributed by atoms with van der Waals surface area (Å²) in [6.07, 6.45) is 4.49. The Kier molecular flexibility index (Phi) is 2.64.